The summed E-state index contributed by atoms with van der Waals surface area (Å²) in [6.07, 6.45) is 1.58. The Kier molecular flexibility index (Phi) is 5.67. The predicted molar refractivity (Wildman–Crippen MR) is 99.8 cm³/mol. The van der Waals surface area contributed by atoms with Crippen molar-refractivity contribution in [3.05, 3.63) is 95.6 Å². The van der Waals surface area contributed by atoms with E-state index in [0.717, 1.165) is 16.7 Å². The maximum Gasteiger partial charge on any atom is 0.162 e. The zero-order chi connectivity index (χ0) is 17.3. The zero-order valence-electron chi connectivity index (χ0n) is 13.8. The van der Waals surface area contributed by atoms with Crippen LogP contribution in [0.5, 0.6) is 11.5 Å². The van der Waals surface area contributed by atoms with Gasteiger partial charge in [0.2, 0.25) is 0 Å². The fourth-order valence-corrected chi connectivity index (χ4v) is 2.39. The van der Waals surface area contributed by atoms with Crippen molar-refractivity contribution in [2.45, 2.75) is 13.2 Å². The van der Waals surface area contributed by atoms with Gasteiger partial charge in [-0.05, 0) is 34.9 Å². The van der Waals surface area contributed by atoms with Gasteiger partial charge in [-0.15, -0.1) is 0 Å². The van der Waals surface area contributed by atoms with Gasteiger partial charge in [0.1, 0.15) is 13.2 Å². The Bertz CT molecular complexity index is 818. The van der Waals surface area contributed by atoms with Gasteiger partial charge in [0.05, 0.1) is 6.21 Å². The highest BCUT2D eigenvalue weighted by atomic mass is 16.5. The number of hydrogen-bond acceptors (Lipinski definition) is 4. The van der Waals surface area contributed by atoms with Gasteiger partial charge in [0, 0.05) is 0 Å². The summed E-state index contributed by atoms with van der Waals surface area (Å²) >= 11 is 0. The third kappa shape index (κ3) is 4.85. The molecule has 3 aromatic carbocycles. The lowest BCUT2D eigenvalue weighted by molar-refractivity contribution is 0.256. The third-order valence-electron chi connectivity index (χ3n) is 3.67. The van der Waals surface area contributed by atoms with Crippen LogP contribution >= 0.6 is 0 Å². The molecule has 0 fully saturated rings. The average Bonchev–Trinajstić information content (AvgIpc) is 2.67. The Hall–Kier alpha value is -3.27. The zero-order valence-corrected chi connectivity index (χ0v) is 13.8. The van der Waals surface area contributed by atoms with Crippen LogP contribution in [0.2, 0.25) is 0 Å². The number of nitrogens with two attached hydrogens (primary N) is 1. The smallest absolute Gasteiger partial charge is 0.162 e. The second kappa shape index (κ2) is 8.55. The van der Waals surface area contributed by atoms with Crippen LogP contribution in [-0.2, 0) is 13.2 Å². The van der Waals surface area contributed by atoms with Crippen LogP contribution in [0, 0.1) is 0 Å². The molecule has 0 heterocycles. The van der Waals surface area contributed by atoms with Crippen LogP contribution in [0.1, 0.15) is 16.7 Å². The van der Waals surface area contributed by atoms with Gasteiger partial charge in [-0.1, -0.05) is 60.7 Å². The van der Waals surface area contributed by atoms with Crippen molar-refractivity contribution in [2.75, 3.05) is 0 Å². The Balaban J connectivity index is 1.76. The van der Waals surface area contributed by atoms with Gasteiger partial charge >= 0.3 is 0 Å². The molecule has 3 aromatic rings. The summed E-state index contributed by atoms with van der Waals surface area (Å²) in [5.41, 5.74) is 3.05. The molecule has 0 aromatic heterocycles. The van der Waals surface area contributed by atoms with Crippen LogP contribution < -0.4 is 15.3 Å². The van der Waals surface area contributed by atoms with E-state index in [1.165, 1.54) is 0 Å². The predicted octanol–water partition coefficient (Wildman–Crippen LogP) is 4.14. The van der Waals surface area contributed by atoms with E-state index in [1.807, 2.05) is 78.9 Å². The molecule has 0 aliphatic rings. The maximum atomic E-state index is 5.97. The average molecular weight is 332 g/mol. The van der Waals surface area contributed by atoms with Crippen LogP contribution in [0.25, 0.3) is 0 Å². The summed E-state index contributed by atoms with van der Waals surface area (Å²) < 4.78 is 11.9. The molecular weight excluding hydrogens is 312 g/mol. The molecule has 0 atom stereocenters. The van der Waals surface area contributed by atoms with Crippen molar-refractivity contribution in [3.63, 3.8) is 0 Å². The van der Waals surface area contributed by atoms with Crippen LogP contribution in [0.15, 0.2) is 84.0 Å². The van der Waals surface area contributed by atoms with E-state index >= 15 is 0 Å². The molecule has 2 N–H and O–H groups in total. The largest absolute Gasteiger partial charge is 0.485 e. The molecule has 4 heteroatoms. The van der Waals surface area contributed by atoms with Crippen molar-refractivity contribution in [3.8, 4) is 11.5 Å². The molecule has 3 rings (SSSR count). The third-order valence-corrected chi connectivity index (χ3v) is 3.67. The topological polar surface area (TPSA) is 56.8 Å². The van der Waals surface area contributed by atoms with Crippen LogP contribution in [0.3, 0.4) is 0 Å². The second-order valence-corrected chi connectivity index (χ2v) is 5.53. The highest BCUT2D eigenvalue weighted by Gasteiger charge is 2.07. The van der Waals surface area contributed by atoms with Gasteiger partial charge in [0.25, 0.3) is 0 Å². The Labute approximate surface area is 147 Å². The quantitative estimate of drug-likeness (QED) is 0.402. The first kappa shape index (κ1) is 16.6. The van der Waals surface area contributed by atoms with E-state index in [0.29, 0.717) is 24.7 Å². The molecule has 25 heavy (non-hydrogen) atoms. The lowest BCUT2D eigenvalue weighted by Crippen LogP contribution is -2.01. The minimum atomic E-state index is 0.464. The molecule has 0 aliphatic heterocycles. The van der Waals surface area contributed by atoms with E-state index in [-0.39, 0.29) is 0 Å². The van der Waals surface area contributed by atoms with Crippen molar-refractivity contribution >= 4 is 6.21 Å². The summed E-state index contributed by atoms with van der Waals surface area (Å²) in [6, 6.07) is 25.7. The van der Waals surface area contributed by atoms with Gasteiger partial charge in [-0.25, -0.2) is 0 Å². The molecule has 4 nitrogen and oxygen atoms in total. The Morgan fingerprint density at radius 3 is 1.84 bits per heavy atom. The number of hydrazone groups is 1. The number of nitrogens with zero attached hydrogens (tertiary/aromatic N) is 1. The molecule has 0 radical (unpaired) electrons. The summed E-state index contributed by atoms with van der Waals surface area (Å²) in [5, 5.41) is 3.57. The van der Waals surface area contributed by atoms with Gasteiger partial charge in [0.15, 0.2) is 11.5 Å². The molecule has 0 unspecified atom stereocenters. The standard InChI is InChI=1S/C21H20N2O2/c22-23-14-19-11-12-20(24-15-17-7-3-1-4-8-17)21(13-19)25-16-18-9-5-2-6-10-18/h1-14H,15-16,22H2/b23-14+. The number of rotatable bonds is 7. The Morgan fingerprint density at radius 2 is 1.28 bits per heavy atom. The summed E-state index contributed by atoms with van der Waals surface area (Å²) in [7, 11) is 0. The number of benzene rings is 3. The monoisotopic (exact) mass is 332 g/mol. The molecule has 0 saturated carbocycles. The van der Waals surface area contributed by atoms with Crippen molar-refractivity contribution in [1.82, 2.24) is 0 Å². The highest BCUT2D eigenvalue weighted by molar-refractivity contribution is 5.80. The van der Waals surface area contributed by atoms with Crippen LogP contribution in [-0.4, -0.2) is 6.21 Å². The first-order valence-corrected chi connectivity index (χ1v) is 8.06. The van der Waals surface area contributed by atoms with E-state index in [9.17, 15) is 0 Å². The van der Waals surface area contributed by atoms with Crippen molar-refractivity contribution < 1.29 is 9.47 Å². The molecule has 0 spiro atoms. The highest BCUT2D eigenvalue weighted by Crippen LogP contribution is 2.29. The minimum Gasteiger partial charge on any atom is -0.485 e. The molecule has 0 saturated heterocycles. The van der Waals surface area contributed by atoms with Gasteiger partial charge < -0.3 is 15.3 Å². The fourth-order valence-electron chi connectivity index (χ4n) is 2.39. The normalized spacial score (nSPS) is 10.7. The summed E-state index contributed by atoms with van der Waals surface area (Å²) in [4.78, 5) is 0. The first-order valence-electron chi connectivity index (χ1n) is 8.06. The second-order valence-electron chi connectivity index (χ2n) is 5.53. The lowest BCUT2D eigenvalue weighted by atomic mass is 10.2. The van der Waals surface area contributed by atoms with E-state index in [1.54, 1.807) is 6.21 Å². The number of hydrogen-bond donors (Lipinski definition) is 1. The van der Waals surface area contributed by atoms with Crippen LogP contribution in [0.4, 0.5) is 0 Å². The number of ether oxygens (including phenoxy) is 2. The molecule has 0 bridgehead atoms. The maximum absolute atomic E-state index is 5.97. The molecule has 0 amide bonds. The van der Waals surface area contributed by atoms with Crippen molar-refractivity contribution in [1.29, 1.82) is 0 Å². The SMILES string of the molecule is N/N=C/c1ccc(OCc2ccccc2)c(OCc2ccccc2)c1. The molecule has 126 valence electrons. The molecule has 0 aliphatic carbocycles. The summed E-state index contributed by atoms with van der Waals surface area (Å²) in [5.74, 6) is 6.60. The fraction of sp³-hybridized carbons (Fsp3) is 0.0952. The lowest BCUT2D eigenvalue weighted by Gasteiger charge is -2.14. The van der Waals surface area contributed by atoms with E-state index < -0.39 is 0 Å². The van der Waals surface area contributed by atoms with Gasteiger partial charge in [-0.2, -0.15) is 5.10 Å². The molecular formula is C21H20N2O2. The van der Waals surface area contributed by atoms with E-state index in [4.69, 9.17) is 15.3 Å². The van der Waals surface area contributed by atoms with E-state index in [2.05, 4.69) is 5.10 Å². The first-order chi connectivity index (χ1) is 12.3. The summed E-state index contributed by atoms with van der Waals surface area (Å²) in [6.45, 7) is 0.943. The minimum absolute atomic E-state index is 0.464. The van der Waals surface area contributed by atoms with Gasteiger partial charge in [-0.3, -0.25) is 0 Å². The van der Waals surface area contributed by atoms with Crippen molar-refractivity contribution in [2.24, 2.45) is 10.9 Å². The Morgan fingerprint density at radius 1 is 0.720 bits per heavy atom.